The number of carbonyl (C=O) groups is 1. The zero-order valence-electron chi connectivity index (χ0n) is 16.7. The summed E-state index contributed by atoms with van der Waals surface area (Å²) in [6.07, 6.45) is 2.41. The van der Waals surface area contributed by atoms with Gasteiger partial charge in [0.15, 0.2) is 11.6 Å². The van der Waals surface area contributed by atoms with E-state index >= 15 is 0 Å². The second-order valence-electron chi connectivity index (χ2n) is 6.99. The van der Waals surface area contributed by atoms with Crippen LogP contribution < -0.4 is 25.0 Å². The summed E-state index contributed by atoms with van der Waals surface area (Å²) in [5.74, 6) is 0.709. The smallest absolute Gasteiger partial charge is 0.315 e. The van der Waals surface area contributed by atoms with Crippen molar-refractivity contribution in [2.75, 3.05) is 38.3 Å². The van der Waals surface area contributed by atoms with Crippen LogP contribution in [0.1, 0.15) is 19.3 Å². The minimum atomic E-state index is -0.376. The molecule has 0 saturated carbocycles. The Hall–Kier alpha value is -2.96. The molecule has 0 bridgehead atoms. The fourth-order valence-electron chi connectivity index (χ4n) is 3.33. The van der Waals surface area contributed by atoms with Crippen molar-refractivity contribution in [1.29, 1.82) is 0 Å². The minimum absolute atomic E-state index is 0.166. The molecular weight excluding hydrogens is 373 g/mol. The summed E-state index contributed by atoms with van der Waals surface area (Å²) in [6, 6.07) is 14.3. The van der Waals surface area contributed by atoms with Crippen molar-refractivity contribution in [2.45, 2.75) is 25.3 Å². The minimum Gasteiger partial charge on any atom is -0.497 e. The molecule has 0 spiro atoms. The van der Waals surface area contributed by atoms with E-state index in [1.807, 2.05) is 12.1 Å². The van der Waals surface area contributed by atoms with Gasteiger partial charge < -0.3 is 25.0 Å². The van der Waals surface area contributed by atoms with Crippen LogP contribution in [0.2, 0.25) is 0 Å². The number of nitrogens with one attached hydrogen (secondary N) is 2. The van der Waals surface area contributed by atoms with E-state index in [-0.39, 0.29) is 23.6 Å². The summed E-state index contributed by atoms with van der Waals surface area (Å²) in [7, 11) is 1.66. The molecule has 1 fully saturated rings. The summed E-state index contributed by atoms with van der Waals surface area (Å²) in [5.41, 5.74) is 1.17. The normalized spacial score (nSPS) is 14.3. The predicted octanol–water partition coefficient (Wildman–Crippen LogP) is 3.57. The van der Waals surface area contributed by atoms with Gasteiger partial charge in [0, 0.05) is 31.4 Å². The number of anilines is 1. The number of urea groups is 1. The number of hydrogen-bond donors (Lipinski definition) is 2. The Bertz CT molecular complexity index is 777. The average molecular weight is 401 g/mol. The maximum atomic E-state index is 13.4. The number of carbonyl (C=O) groups excluding carboxylic acids is 1. The van der Waals surface area contributed by atoms with Crippen molar-refractivity contribution in [1.82, 2.24) is 10.6 Å². The van der Waals surface area contributed by atoms with E-state index in [1.54, 1.807) is 25.3 Å². The average Bonchev–Trinajstić information content (AvgIpc) is 2.75. The van der Waals surface area contributed by atoms with Crippen molar-refractivity contribution >= 4 is 11.7 Å². The number of benzene rings is 2. The molecule has 2 amide bonds. The van der Waals surface area contributed by atoms with E-state index in [2.05, 4.69) is 27.7 Å². The van der Waals surface area contributed by atoms with Crippen LogP contribution in [0, 0.1) is 5.82 Å². The fraction of sp³-hybridized carbons (Fsp3) is 0.409. The molecular formula is C22H28FN3O3. The summed E-state index contributed by atoms with van der Waals surface area (Å²) in [5, 5.41) is 5.86. The number of ether oxygens (including phenoxy) is 2. The number of halogens is 1. The molecule has 2 aromatic carbocycles. The first-order valence-electron chi connectivity index (χ1n) is 9.96. The SMILES string of the molecule is COc1ccc(N2CCC(NC(=O)NCCCOc3ccccc3F)CC2)cc1. The highest BCUT2D eigenvalue weighted by atomic mass is 19.1. The monoisotopic (exact) mass is 401 g/mol. The Kier molecular flexibility index (Phi) is 7.55. The first-order chi connectivity index (χ1) is 14.2. The number of amides is 2. The molecule has 6 nitrogen and oxygen atoms in total. The molecule has 1 heterocycles. The van der Waals surface area contributed by atoms with Gasteiger partial charge in [-0.2, -0.15) is 0 Å². The first kappa shape index (κ1) is 20.8. The highest BCUT2D eigenvalue weighted by Crippen LogP contribution is 2.22. The molecule has 0 atom stereocenters. The number of nitrogens with zero attached hydrogens (tertiary/aromatic N) is 1. The van der Waals surface area contributed by atoms with E-state index in [4.69, 9.17) is 9.47 Å². The maximum Gasteiger partial charge on any atom is 0.315 e. The van der Waals surface area contributed by atoms with Crippen molar-refractivity contribution in [3.8, 4) is 11.5 Å². The Morgan fingerprint density at radius 3 is 2.55 bits per heavy atom. The van der Waals surface area contributed by atoms with Crippen molar-refractivity contribution in [2.24, 2.45) is 0 Å². The Morgan fingerprint density at radius 1 is 1.14 bits per heavy atom. The van der Waals surface area contributed by atoms with E-state index in [9.17, 15) is 9.18 Å². The second-order valence-corrected chi connectivity index (χ2v) is 6.99. The molecule has 0 aliphatic carbocycles. The lowest BCUT2D eigenvalue weighted by atomic mass is 10.0. The first-order valence-corrected chi connectivity index (χ1v) is 9.96. The van der Waals surface area contributed by atoms with Crippen LogP contribution in [-0.4, -0.2) is 45.4 Å². The summed E-state index contributed by atoms with van der Waals surface area (Å²) < 4.78 is 24.0. The fourth-order valence-corrected chi connectivity index (χ4v) is 3.33. The number of hydrogen-bond acceptors (Lipinski definition) is 4. The standard InChI is InChI=1S/C22H28FN3O3/c1-28-19-9-7-18(8-10-19)26-14-11-17(12-15-26)25-22(27)24-13-4-16-29-21-6-3-2-5-20(21)23/h2-3,5-10,17H,4,11-16H2,1H3,(H2,24,25,27). The van der Waals surface area contributed by atoms with Crippen LogP contribution in [0.3, 0.4) is 0 Å². The van der Waals surface area contributed by atoms with Gasteiger partial charge in [-0.25, -0.2) is 9.18 Å². The molecule has 29 heavy (non-hydrogen) atoms. The van der Waals surface area contributed by atoms with Crippen LogP contribution in [0.25, 0.3) is 0 Å². The number of methoxy groups -OCH3 is 1. The molecule has 0 unspecified atom stereocenters. The number of para-hydroxylation sites is 1. The van der Waals surface area contributed by atoms with Crippen molar-refractivity contribution < 1.29 is 18.7 Å². The van der Waals surface area contributed by atoms with Crippen LogP contribution in [0.5, 0.6) is 11.5 Å². The highest BCUT2D eigenvalue weighted by Gasteiger charge is 2.20. The Labute approximate surface area is 171 Å². The third kappa shape index (κ3) is 6.27. The third-order valence-electron chi connectivity index (χ3n) is 4.97. The van der Waals surface area contributed by atoms with E-state index < -0.39 is 0 Å². The summed E-state index contributed by atoms with van der Waals surface area (Å²) in [6.45, 7) is 2.62. The molecule has 7 heteroatoms. The molecule has 1 aliphatic rings. The zero-order chi connectivity index (χ0) is 20.5. The van der Waals surface area contributed by atoms with E-state index in [0.29, 0.717) is 19.6 Å². The molecule has 156 valence electrons. The topological polar surface area (TPSA) is 62.8 Å². The van der Waals surface area contributed by atoms with Gasteiger partial charge in [0.25, 0.3) is 0 Å². The molecule has 3 rings (SSSR count). The largest absolute Gasteiger partial charge is 0.497 e. The van der Waals surface area contributed by atoms with Crippen molar-refractivity contribution in [3.05, 3.63) is 54.3 Å². The predicted molar refractivity (Wildman–Crippen MR) is 111 cm³/mol. The molecule has 0 aromatic heterocycles. The lowest BCUT2D eigenvalue weighted by molar-refractivity contribution is 0.232. The lowest BCUT2D eigenvalue weighted by Crippen LogP contribution is -2.48. The van der Waals surface area contributed by atoms with Gasteiger partial charge in [0.1, 0.15) is 5.75 Å². The summed E-state index contributed by atoms with van der Waals surface area (Å²) >= 11 is 0. The molecule has 1 saturated heterocycles. The Morgan fingerprint density at radius 2 is 1.86 bits per heavy atom. The molecule has 0 radical (unpaired) electrons. The zero-order valence-corrected chi connectivity index (χ0v) is 16.7. The van der Waals surface area contributed by atoms with Crippen LogP contribution in [0.4, 0.5) is 14.9 Å². The van der Waals surface area contributed by atoms with E-state index in [1.165, 1.54) is 11.8 Å². The number of rotatable bonds is 8. The van der Waals surface area contributed by atoms with Crippen molar-refractivity contribution in [3.63, 3.8) is 0 Å². The summed E-state index contributed by atoms with van der Waals surface area (Å²) in [4.78, 5) is 14.4. The van der Waals surface area contributed by atoms with Gasteiger partial charge in [-0.1, -0.05) is 12.1 Å². The lowest BCUT2D eigenvalue weighted by Gasteiger charge is -2.34. The molecule has 1 aliphatic heterocycles. The van der Waals surface area contributed by atoms with E-state index in [0.717, 1.165) is 31.7 Å². The quantitative estimate of drug-likeness (QED) is 0.664. The van der Waals surface area contributed by atoms with Crippen LogP contribution in [0.15, 0.2) is 48.5 Å². The Balaban J connectivity index is 1.30. The van der Waals surface area contributed by atoms with Gasteiger partial charge in [0.2, 0.25) is 0 Å². The van der Waals surface area contributed by atoms with Gasteiger partial charge in [-0.05, 0) is 55.7 Å². The number of piperidine rings is 1. The molecule has 2 aromatic rings. The van der Waals surface area contributed by atoms with Crippen LogP contribution >= 0.6 is 0 Å². The van der Waals surface area contributed by atoms with Crippen LogP contribution in [-0.2, 0) is 0 Å². The molecule has 2 N–H and O–H groups in total. The van der Waals surface area contributed by atoms with Gasteiger partial charge in [-0.15, -0.1) is 0 Å². The maximum absolute atomic E-state index is 13.4. The highest BCUT2D eigenvalue weighted by molar-refractivity contribution is 5.74. The second kappa shape index (κ2) is 10.5. The van der Waals surface area contributed by atoms with Gasteiger partial charge >= 0.3 is 6.03 Å². The van der Waals surface area contributed by atoms with Gasteiger partial charge in [-0.3, -0.25) is 0 Å². The third-order valence-corrected chi connectivity index (χ3v) is 4.97. The van der Waals surface area contributed by atoms with Gasteiger partial charge in [0.05, 0.1) is 13.7 Å².